The van der Waals surface area contributed by atoms with E-state index in [1.165, 1.54) is 15.4 Å². The summed E-state index contributed by atoms with van der Waals surface area (Å²) < 4.78 is 0. The van der Waals surface area contributed by atoms with E-state index in [0.717, 1.165) is 13.1 Å². The standard InChI is InChI=1S/C17H24N2O2/c1-5-18(6-2)15-11-16(20)19(17(15)21)14-9-7-13(8-10-14)12(3)4/h7-10,12,15H,5-6,11H2,1-4H3/p+1/t15-/m0/s1. The van der Waals surface area contributed by atoms with E-state index in [9.17, 15) is 9.59 Å². The molecule has 4 nitrogen and oxygen atoms in total. The molecule has 1 aliphatic heterocycles. The molecule has 0 radical (unpaired) electrons. The SMILES string of the molecule is CC[NH+](CC)[C@H]1CC(=O)N(c2ccc(C(C)C)cc2)C1=O. The summed E-state index contributed by atoms with van der Waals surface area (Å²) in [6.07, 6.45) is 0.321. The lowest BCUT2D eigenvalue weighted by molar-refractivity contribution is -0.911. The number of anilines is 1. The van der Waals surface area contributed by atoms with Crippen LogP contribution in [0.25, 0.3) is 0 Å². The second-order valence-corrected chi connectivity index (χ2v) is 5.94. The summed E-state index contributed by atoms with van der Waals surface area (Å²) in [5.74, 6) is 0.301. The molecule has 0 aliphatic carbocycles. The highest BCUT2D eigenvalue weighted by molar-refractivity contribution is 6.21. The Bertz CT molecular complexity index is 518. The maximum absolute atomic E-state index is 12.6. The van der Waals surface area contributed by atoms with Crippen molar-refractivity contribution in [1.82, 2.24) is 0 Å². The fourth-order valence-corrected chi connectivity index (χ4v) is 2.97. The zero-order valence-electron chi connectivity index (χ0n) is 13.3. The van der Waals surface area contributed by atoms with Gasteiger partial charge in [0.15, 0.2) is 6.04 Å². The molecular formula is C17H25N2O2+. The third-order valence-corrected chi connectivity index (χ3v) is 4.37. The van der Waals surface area contributed by atoms with E-state index in [-0.39, 0.29) is 17.9 Å². The number of hydrogen-bond donors (Lipinski definition) is 1. The van der Waals surface area contributed by atoms with E-state index in [1.54, 1.807) is 0 Å². The summed E-state index contributed by atoms with van der Waals surface area (Å²) in [5, 5.41) is 0. The average Bonchev–Trinajstić information content (AvgIpc) is 2.76. The number of imide groups is 1. The molecule has 1 aromatic rings. The number of nitrogens with one attached hydrogen (secondary N) is 1. The highest BCUT2D eigenvalue weighted by Crippen LogP contribution is 2.24. The van der Waals surface area contributed by atoms with Gasteiger partial charge in [-0.25, -0.2) is 4.90 Å². The zero-order chi connectivity index (χ0) is 15.6. The molecule has 1 saturated heterocycles. The van der Waals surface area contributed by atoms with Crippen LogP contribution in [0.4, 0.5) is 5.69 Å². The Morgan fingerprint density at radius 2 is 1.71 bits per heavy atom. The zero-order valence-corrected chi connectivity index (χ0v) is 13.3. The number of amides is 2. The van der Waals surface area contributed by atoms with Crippen molar-refractivity contribution in [3.8, 4) is 0 Å². The number of likely N-dealkylation sites (N-methyl/N-ethyl adjacent to an activating group) is 1. The molecule has 1 aliphatic rings. The largest absolute Gasteiger partial charge is 0.325 e. The minimum atomic E-state index is -0.225. The Kier molecular flexibility index (Phi) is 4.78. The van der Waals surface area contributed by atoms with Gasteiger partial charge >= 0.3 is 0 Å². The van der Waals surface area contributed by atoms with Crippen molar-refractivity contribution in [2.45, 2.75) is 46.1 Å². The summed E-state index contributed by atoms with van der Waals surface area (Å²) in [6, 6.07) is 7.53. The topological polar surface area (TPSA) is 41.8 Å². The molecule has 4 heteroatoms. The minimum Gasteiger partial charge on any atom is -0.325 e. The van der Waals surface area contributed by atoms with Crippen molar-refractivity contribution in [3.05, 3.63) is 29.8 Å². The van der Waals surface area contributed by atoms with Crippen LogP contribution in [-0.4, -0.2) is 30.9 Å². The number of benzene rings is 1. The number of nitrogens with zero attached hydrogens (tertiary/aromatic N) is 1. The van der Waals surface area contributed by atoms with Gasteiger partial charge in [0, 0.05) is 0 Å². The fourth-order valence-electron chi connectivity index (χ4n) is 2.97. The van der Waals surface area contributed by atoms with Gasteiger partial charge in [-0.1, -0.05) is 26.0 Å². The van der Waals surface area contributed by atoms with Gasteiger partial charge in [-0.3, -0.25) is 9.59 Å². The van der Waals surface area contributed by atoms with Gasteiger partial charge in [0.1, 0.15) is 0 Å². The number of hydrogen-bond acceptors (Lipinski definition) is 2. The lowest BCUT2D eigenvalue weighted by Crippen LogP contribution is -3.16. The number of quaternary nitrogens is 1. The molecule has 1 fully saturated rings. The molecule has 2 rings (SSSR count). The van der Waals surface area contributed by atoms with Crippen LogP contribution in [0, 0.1) is 0 Å². The van der Waals surface area contributed by atoms with Crippen LogP contribution in [0.3, 0.4) is 0 Å². The maximum Gasteiger partial charge on any atom is 0.292 e. The first-order valence-corrected chi connectivity index (χ1v) is 7.80. The number of rotatable bonds is 5. The van der Waals surface area contributed by atoms with Crippen molar-refractivity contribution in [3.63, 3.8) is 0 Å². The molecule has 114 valence electrons. The van der Waals surface area contributed by atoms with Crippen molar-refractivity contribution in [2.75, 3.05) is 18.0 Å². The van der Waals surface area contributed by atoms with Crippen LogP contribution in [0.15, 0.2) is 24.3 Å². The van der Waals surface area contributed by atoms with E-state index < -0.39 is 0 Å². The number of carbonyl (C=O) groups is 2. The molecule has 0 bridgehead atoms. The molecule has 1 aromatic carbocycles. The lowest BCUT2D eigenvalue weighted by Gasteiger charge is -2.21. The summed E-state index contributed by atoms with van der Waals surface area (Å²) in [7, 11) is 0. The molecule has 2 amide bonds. The molecule has 0 aromatic heterocycles. The third-order valence-electron chi connectivity index (χ3n) is 4.37. The Hall–Kier alpha value is -1.68. The third kappa shape index (κ3) is 3.00. The highest BCUT2D eigenvalue weighted by atomic mass is 16.2. The van der Waals surface area contributed by atoms with Crippen LogP contribution >= 0.6 is 0 Å². The average molecular weight is 289 g/mol. The Morgan fingerprint density at radius 3 is 2.19 bits per heavy atom. The first-order chi connectivity index (χ1) is 9.99. The fraction of sp³-hybridized carbons (Fsp3) is 0.529. The summed E-state index contributed by atoms with van der Waals surface area (Å²) in [5.41, 5.74) is 1.91. The van der Waals surface area contributed by atoms with Gasteiger partial charge < -0.3 is 4.90 Å². The normalized spacial score (nSPS) is 19.1. The predicted molar refractivity (Wildman–Crippen MR) is 83.5 cm³/mol. The molecule has 1 heterocycles. The highest BCUT2D eigenvalue weighted by Gasteiger charge is 2.44. The summed E-state index contributed by atoms with van der Waals surface area (Å²) in [4.78, 5) is 27.4. The molecular weight excluding hydrogens is 264 g/mol. The molecule has 0 spiro atoms. The quantitative estimate of drug-likeness (QED) is 0.832. The van der Waals surface area contributed by atoms with E-state index in [1.807, 2.05) is 24.3 Å². The first-order valence-electron chi connectivity index (χ1n) is 7.80. The number of carbonyl (C=O) groups excluding carboxylic acids is 2. The summed E-state index contributed by atoms with van der Waals surface area (Å²) >= 11 is 0. The van der Waals surface area contributed by atoms with Gasteiger partial charge in [-0.15, -0.1) is 0 Å². The molecule has 1 N–H and O–H groups in total. The van der Waals surface area contributed by atoms with Crippen LogP contribution in [0.2, 0.25) is 0 Å². The van der Waals surface area contributed by atoms with Crippen LogP contribution in [0.5, 0.6) is 0 Å². The predicted octanol–water partition coefficient (Wildman–Crippen LogP) is 1.37. The van der Waals surface area contributed by atoms with E-state index in [4.69, 9.17) is 0 Å². The van der Waals surface area contributed by atoms with E-state index in [0.29, 0.717) is 18.0 Å². The van der Waals surface area contributed by atoms with Gasteiger partial charge in [-0.2, -0.15) is 0 Å². The monoisotopic (exact) mass is 289 g/mol. The smallest absolute Gasteiger partial charge is 0.292 e. The first kappa shape index (κ1) is 15.7. The van der Waals surface area contributed by atoms with E-state index >= 15 is 0 Å². The molecule has 1 atom stereocenters. The van der Waals surface area contributed by atoms with Crippen LogP contribution in [0.1, 0.15) is 45.6 Å². The molecule has 0 saturated carbocycles. The van der Waals surface area contributed by atoms with Gasteiger partial charge in [0.25, 0.3) is 5.91 Å². The van der Waals surface area contributed by atoms with E-state index in [2.05, 4.69) is 27.7 Å². The van der Waals surface area contributed by atoms with Crippen molar-refractivity contribution in [2.24, 2.45) is 0 Å². The van der Waals surface area contributed by atoms with Crippen molar-refractivity contribution in [1.29, 1.82) is 0 Å². The minimum absolute atomic E-state index is 0.0593. The second kappa shape index (κ2) is 6.39. The van der Waals surface area contributed by atoms with Crippen molar-refractivity contribution >= 4 is 17.5 Å². The van der Waals surface area contributed by atoms with Crippen molar-refractivity contribution < 1.29 is 14.5 Å². The molecule has 0 unspecified atom stereocenters. The summed E-state index contributed by atoms with van der Waals surface area (Å²) in [6.45, 7) is 10.1. The van der Waals surface area contributed by atoms with Gasteiger partial charge in [0.05, 0.1) is 25.2 Å². The Labute approximate surface area is 126 Å². The van der Waals surface area contributed by atoms with Gasteiger partial charge in [-0.05, 0) is 37.5 Å². The second-order valence-electron chi connectivity index (χ2n) is 5.94. The lowest BCUT2D eigenvalue weighted by atomic mass is 10.0. The van der Waals surface area contributed by atoms with Crippen LogP contribution < -0.4 is 9.80 Å². The Balaban J connectivity index is 2.24. The molecule has 21 heavy (non-hydrogen) atoms. The van der Waals surface area contributed by atoms with Crippen LogP contribution in [-0.2, 0) is 9.59 Å². The Morgan fingerprint density at radius 1 is 1.14 bits per heavy atom. The van der Waals surface area contributed by atoms with Gasteiger partial charge in [0.2, 0.25) is 5.91 Å². The maximum atomic E-state index is 12.6.